The zero-order valence-corrected chi connectivity index (χ0v) is 15.0. The molecule has 0 radical (unpaired) electrons. The van der Waals surface area contributed by atoms with Gasteiger partial charge < -0.3 is 9.63 Å². The highest BCUT2D eigenvalue weighted by atomic mass is 16.5. The van der Waals surface area contributed by atoms with E-state index in [4.69, 9.17) is 4.52 Å². The number of aliphatic hydroxyl groups excluding tert-OH is 1. The van der Waals surface area contributed by atoms with Crippen LogP contribution < -0.4 is 0 Å². The summed E-state index contributed by atoms with van der Waals surface area (Å²) in [6.07, 6.45) is 4.17. The summed E-state index contributed by atoms with van der Waals surface area (Å²) >= 11 is 0. The molecule has 0 amide bonds. The molecule has 0 unspecified atom stereocenters. The SMILES string of the molecule is Cc1cc(C[C@@H]2CN(Cc3ccccc3Cn3cccn3)C[C@@H]2O)on1. The summed E-state index contributed by atoms with van der Waals surface area (Å²) in [5, 5.41) is 18.7. The first-order chi connectivity index (χ1) is 12.7. The van der Waals surface area contributed by atoms with Crippen molar-refractivity contribution in [1.29, 1.82) is 0 Å². The third-order valence-electron chi connectivity index (χ3n) is 5.03. The summed E-state index contributed by atoms with van der Waals surface area (Å²) in [4.78, 5) is 2.32. The van der Waals surface area contributed by atoms with E-state index in [1.807, 2.05) is 29.9 Å². The lowest BCUT2D eigenvalue weighted by Gasteiger charge is -2.18. The van der Waals surface area contributed by atoms with Gasteiger partial charge in [-0.3, -0.25) is 9.58 Å². The van der Waals surface area contributed by atoms with Gasteiger partial charge in [-0.15, -0.1) is 0 Å². The molecule has 1 aliphatic heterocycles. The Morgan fingerprint density at radius 3 is 2.65 bits per heavy atom. The second kappa shape index (κ2) is 7.43. The fraction of sp³-hybridized carbons (Fsp3) is 0.400. The van der Waals surface area contributed by atoms with E-state index in [1.54, 1.807) is 6.20 Å². The van der Waals surface area contributed by atoms with Crippen LogP contribution >= 0.6 is 0 Å². The Morgan fingerprint density at radius 2 is 1.96 bits per heavy atom. The molecule has 1 N–H and O–H groups in total. The second-order valence-electron chi connectivity index (χ2n) is 7.13. The lowest BCUT2D eigenvalue weighted by molar-refractivity contribution is 0.137. The van der Waals surface area contributed by atoms with Gasteiger partial charge in [-0.1, -0.05) is 29.4 Å². The normalized spacial score (nSPS) is 20.7. The molecule has 4 rings (SSSR count). The van der Waals surface area contributed by atoms with Crippen molar-refractivity contribution in [2.75, 3.05) is 13.1 Å². The minimum Gasteiger partial charge on any atom is -0.391 e. The number of hydrogen-bond donors (Lipinski definition) is 1. The van der Waals surface area contributed by atoms with Crippen molar-refractivity contribution in [3.8, 4) is 0 Å². The fourth-order valence-electron chi connectivity index (χ4n) is 3.72. The van der Waals surface area contributed by atoms with Crippen LogP contribution in [0.25, 0.3) is 0 Å². The van der Waals surface area contributed by atoms with Crippen molar-refractivity contribution in [2.24, 2.45) is 5.92 Å². The largest absolute Gasteiger partial charge is 0.391 e. The molecule has 0 aliphatic carbocycles. The highest BCUT2D eigenvalue weighted by Gasteiger charge is 2.32. The number of nitrogens with zero attached hydrogens (tertiary/aromatic N) is 4. The van der Waals surface area contributed by atoms with Gasteiger partial charge in [0.15, 0.2) is 0 Å². The highest BCUT2D eigenvalue weighted by Crippen LogP contribution is 2.24. The number of hydrogen-bond acceptors (Lipinski definition) is 5. The predicted octanol–water partition coefficient (Wildman–Crippen LogP) is 2.26. The van der Waals surface area contributed by atoms with E-state index >= 15 is 0 Å². The van der Waals surface area contributed by atoms with Crippen LogP contribution in [-0.4, -0.2) is 44.1 Å². The van der Waals surface area contributed by atoms with Gasteiger partial charge in [0.05, 0.1) is 18.3 Å². The van der Waals surface area contributed by atoms with Crippen LogP contribution in [0.2, 0.25) is 0 Å². The summed E-state index contributed by atoms with van der Waals surface area (Å²) in [5.41, 5.74) is 3.43. The number of benzene rings is 1. The first kappa shape index (κ1) is 17.0. The maximum absolute atomic E-state index is 10.5. The molecule has 136 valence electrons. The van der Waals surface area contributed by atoms with Gasteiger partial charge in [0, 0.05) is 50.4 Å². The molecule has 1 saturated heterocycles. The number of β-amino-alcohol motifs (C(OH)–C–C–N with tert-alkyl or cyclic N) is 1. The molecule has 26 heavy (non-hydrogen) atoms. The van der Waals surface area contributed by atoms with E-state index in [2.05, 4.69) is 39.4 Å². The Bertz CT molecular complexity index is 843. The number of aliphatic hydroxyl groups is 1. The van der Waals surface area contributed by atoms with Crippen LogP contribution in [0.1, 0.15) is 22.6 Å². The van der Waals surface area contributed by atoms with Crippen molar-refractivity contribution >= 4 is 0 Å². The van der Waals surface area contributed by atoms with Gasteiger partial charge in [0.1, 0.15) is 5.76 Å². The van der Waals surface area contributed by atoms with Gasteiger partial charge >= 0.3 is 0 Å². The summed E-state index contributed by atoms with van der Waals surface area (Å²) in [5.74, 6) is 1.04. The molecule has 2 atom stereocenters. The Morgan fingerprint density at radius 1 is 1.15 bits per heavy atom. The zero-order valence-electron chi connectivity index (χ0n) is 15.0. The number of aryl methyl sites for hydroxylation is 1. The van der Waals surface area contributed by atoms with Crippen molar-refractivity contribution < 1.29 is 9.63 Å². The Balaban J connectivity index is 1.42. The van der Waals surface area contributed by atoms with Crippen LogP contribution in [-0.2, 0) is 19.5 Å². The second-order valence-corrected chi connectivity index (χ2v) is 7.13. The van der Waals surface area contributed by atoms with E-state index in [0.717, 1.165) is 37.5 Å². The van der Waals surface area contributed by atoms with Crippen LogP contribution in [0.4, 0.5) is 0 Å². The van der Waals surface area contributed by atoms with Crippen LogP contribution in [0.3, 0.4) is 0 Å². The van der Waals surface area contributed by atoms with Crippen molar-refractivity contribution in [3.05, 3.63) is 71.4 Å². The Kier molecular flexibility index (Phi) is 4.86. The quantitative estimate of drug-likeness (QED) is 0.737. The molecule has 1 aromatic carbocycles. The van der Waals surface area contributed by atoms with Crippen molar-refractivity contribution in [3.63, 3.8) is 0 Å². The maximum Gasteiger partial charge on any atom is 0.137 e. The number of likely N-dealkylation sites (tertiary alicyclic amines) is 1. The van der Waals surface area contributed by atoms with Gasteiger partial charge in [0.25, 0.3) is 0 Å². The summed E-state index contributed by atoms with van der Waals surface area (Å²) in [6.45, 7) is 5.06. The van der Waals surface area contributed by atoms with Gasteiger partial charge in [0.2, 0.25) is 0 Å². The van der Waals surface area contributed by atoms with Gasteiger partial charge in [-0.25, -0.2) is 0 Å². The molecule has 0 saturated carbocycles. The predicted molar refractivity (Wildman–Crippen MR) is 97.5 cm³/mol. The average Bonchev–Trinajstić information content (AvgIpc) is 3.34. The molecule has 3 aromatic rings. The summed E-state index contributed by atoms with van der Waals surface area (Å²) in [6, 6.07) is 12.3. The Hall–Kier alpha value is -2.44. The summed E-state index contributed by atoms with van der Waals surface area (Å²) < 4.78 is 7.25. The molecule has 1 aliphatic rings. The Labute approximate surface area is 153 Å². The molecule has 0 spiro atoms. The fourth-order valence-corrected chi connectivity index (χ4v) is 3.72. The molecular weight excluding hydrogens is 328 g/mol. The third kappa shape index (κ3) is 3.86. The van der Waals surface area contributed by atoms with E-state index in [9.17, 15) is 5.11 Å². The van der Waals surface area contributed by atoms with Crippen LogP contribution in [0, 0.1) is 12.8 Å². The highest BCUT2D eigenvalue weighted by molar-refractivity contribution is 5.27. The number of aromatic nitrogens is 3. The molecule has 6 nitrogen and oxygen atoms in total. The smallest absolute Gasteiger partial charge is 0.137 e. The van der Waals surface area contributed by atoms with Crippen LogP contribution in [0.15, 0.2) is 53.3 Å². The van der Waals surface area contributed by atoms with E-state index in [-0.39, 0.29) is 12.0 Å². The van der Waals surface area contributed by atoms with Gasteiger partial charge in [-0.05, 0) is 24.1 Å². The van der Waals surface area contributed by atoms with E-state index in [1.165, 1.54) is 11.1 Å². The maximum atomic E-state index is 10.5. The van der Waals surface area contributed by atoms with Crippen molar-refractivity contribution in [1.82, 2.24) is 19.8 Å². The molecule has 1 fully saturated rings. The lowest BCUT2D eigenvalue weighted by atomic mass is 10.0. The van der Waals surface area contributed by atoms with Crippen molar-refractivity contribution in [2.45, 2.75) is 32.5 Å². The minimum absolute atomic E-state index is 0.181. The van der Waals surface area contributed by atoms with E-state index < -0.39 is 0 Å². The van der Waals surface area contributed by atoms with E-state index in [0.29, 0.717) is 6.54 Å². The molecule has 0 bridgehead atoms. The molecule has 3 heterocycles. The molecule has 6 heteroatoms. The monoisotopic (exact) mass is 352 g/mol. The molecular formula is C20H24N4O2. The topological polar surface area (TPSA) is 67.3 Å². The standard InChI is InChI=1S/C20H24N4O2/c1-15-9-19(26-22-15)10-18-12-23(14-20(18)25)11-16-5-2-3-6-17(16)13-24-8-4-7-21-24/h2-9,18,20,25H,10-14H2,1H3/t18-,20+/m1/s1. The van der Waals surface area contributed by atoms with Gasteiger partial charge in [-0.2, -0.15) is 5.10 Å². The summed E-state index contributed by atoms with van der Waals surface area (Å²) in [7, 11) is 0. The minimum atomic E-state index is -0.335. The number of rotatable bonds is 6. The first-order valence-electron chi connectivity index (χ1n) is 9.04. The van der Waals surface area contributed by atoms with Crippen LogP contribution in [0.5, 0.6) is 0 Å². The first-order valence-corrected chi connectivity index (χ1v) is 9.04. The lowest BCUT2D eigenvalue weighted by Crippen LogP contribution is -2.22. The third-order valence-corrected chi connectivity index (χ3v) is 5.03. The molecule has 2 aromatic heterocycles. The average molecular weight is 352 g/mol. The zero-order chi connectivity index (χ0) is 17.9.